The fraction of sp³-hybridized carbons (Fsp3) is 0.818. The van der Waals surface area contributed by atoms with Gasteiger partial charge in [0.2, 0.25) is 0 Å². The highest BCUT2D eigenvalue weighted by Crippen LogP contribution is 2.10. The summed E-state index contributed by atoms with van der Waals surface area (Å²) in [4.78, 5) is 6.56. The zero-order chi connectivity index (χ0) is 12.3. The van der Waals surface area contributed by atoms with Crippen LogP contribution in [0, 0.1) is 0 Å². The first-order valence-corrected chi connectivity index (χ1v) is 6.13. The third-order valence-electron chi connectivity index (χ3n) is 3.33. The maximum Gasteiger partial charge on any atom is 0.138 e. The summed E-state index contributed by atoms with van der Waals surface area (Å²) >= 11 is 0. The lowest BCUT2D eigenvalue weighted by molar-refractivity contribution is -0.0388. The van der Waals surface area contributed by atoms with Crippen molar-refractivity contribution in [2.45, 2.75) is 25.5 Å². The first-order chi connectivity index (χ1) is 8.20. The predicted molar refractivity (Wildman–Crippen MR) is 64.5 cm³/mol. The van der Waals surface area contributed by atoms with Crippen molar-refractivity contribution in [1.82, 2.24) is 19.7 Å². The number of hydrogen-bond donors (Lipinski definition) is 1. The van der Waals surface area contributed by atoms with E-state index in [1.165, 1.54) is 0 Å². The lowest BCUT2D eigenvalue weighted by Gasteiger charge is -2.34. The van der Waals surface area contributed by atoms with Gasteiger partial charge in [0, 0.05) is 32.6 Å². The Labute approximate surface area is 102 Å². The monoisotopic (exact) mass is 239 g/mol. The van der Waals surface area contributed by atoms with Crippen LogP contribution in [-0.4, -0.2) is 58.1 Å². The van der Waals surface area contributed by atoms with Crippen molar-refractivity contribution in [3.8, 4) is 0 Å². The van der Waals surface area contributed by atoms with Gasteiger partial charge < -0.3 is 10.5 Å². The van der Waals surface area contributed by atoms with Crippen LogP contribution in [0.2, 0.25) is 0 Å². The molecule has 0 aliphatic carbocycles. The fourth-order valence-corrected chi connectivity index (χ4v) is 2.13. The summed E-state index contributed by atoms with van der Waals surface area (Å²) in [6.07, 6.45) is 2.36. The largest absolute Gasteiger partial charge is 0.374 e. The summed E-state index contributed by atoms with van der Waals surface area (Å²) in [5, 5.41) is 4.04. The molecule has 1 saturated heterocycles. The molecule has 0 radical (unpaired) electrons. The number of rotatable bonds is 4. The minimum atomic E-state index is -0.0211. The van der Waals surface area contributed by atoms with Crippen LogP contribution in [0.25, 0.3) is 0 Å². The molecule has 17 heavy (non-hydrogen) atoms. The summed E-state index contributed by atoms with van der Waals surface area (Å²) in [5.74, 6) is 0.912. The number of nitrogens with two attached hydrogens (primary N) is 1. The van der Waals surface area contributed by atoms with Gasteiger partial charge in [0.25, 0.3) is 0 Å². The third-order valence-corrected chi connectivity index (χ3v) is 3.33. The molecule has 0 bridgehead atoms. The molecule has 6 heteroatoms. The molecule has 0 aromatic carbocycles. The molecule has 6 nitrogen and oxygen atoms in total. The minimum Gasteiger partial charge on any atom is -0.374 e. The average Bonchev–Trinajstić information content (AvgIpc) is 2.75. The molecule has 2 unspecified atom stereocenters. The second-order valence-corrected chi connectivity index (χ2v) is 4.47. The van der Waals surface area contributed by atoms with E-state index in [0.717, 1.165) is 32.1 Å². The minimum absolute atomic E-state index is 0.0211. The van der Waals surface area contributed by atoms with Gasteiger partial charge in [0.1, 0.15) is 12.2 Å². The Morgan fingerprint density at radius 1 is 1.65 bits per heavy atom. The molecular weight excluding hydrogens is 218 g/mol. The SMILES string of the molecule is CCN1CCOC(C(N)Cc2ncnn2C)C1. The Hall–Kier alpha value is -0.980. The van der Waals surface area contributed by atoms with Gasteiger partial charge in [-0.2, -0.15) is 5.10 Å². The van der Waals surface area contributed by atoms with Crippen LogP contribution < -0.4 is 5.73 Å². The Morgan fingerprint density at radius 3 is 3.12 bits per heavy atom. The van der Waals surface area contributed by atoms with Gasteiger partial charge in [0.05, 0.1) is 12.7 Å². The molecule has 1 aliphatic heterocycles. The first kappa shape index (κ1) is 12.5. The number of morpholine rings is 1. The highest BCUT2D eigenvalue weighted by molar-refractivity contribution is 4.92. The summed E-state index contributed by atoms with van der Waals surface area (Å²) in [6, 6.07) is -0.0211. The van der Waals surface area contributed by atoms with E-state index >= 15 is 0 Å². The van der Waals surface area contributed by atoms with E-state index < -0.39 is 0 Å². The molecule has 2 heterocycles. The molecule has 1 aliphatic rings. The summed E-state index contributed by atoms with van der Waals surface area (Å²) in [5.41, 5.74) is 6.19. The zero-order valence-corrected chi connectivity index (χ0v) is 10.5. The second kappa shape index (κ2) is 5.57. The van der Waals surface area contributed by atoms with Crippen molar-refractivity contribution < 1.29 is 4.74 Å². The topological polar surface area (TPSA) is 69.2 Å². The fourth-order valence-electron chi connectivity index (χ4n) is 2.13. The number of likely N-dealkylation sites (N-methyl/N-ethyl adjacent to an activating group) is 1. The molecule has 0 saturated carbocycles. The van der Waals surface area contributed by atoms with E-state index in [4.69, 9.17) is 10.5 Å². The highest BCUT2D eigenvalue weighted by atomic mass is 16.5. The Morgan fingerprint density at radius 2 is 2.47 bits per heavy atom. The maximum atomic E-state index is 6.19. The highest BCUT2D eigenvalue weighted by Gasteiger charge is 2.26. The Kier molecular flexibility index (Phi) is 4.09. The second-order valence-electron chi connectivity index (χ2n) is 4.47. The molecule has 2 N–H and O–H groups in total. The van der Waals surface area contributed by atoms with E-state index in [1.54, 1.807) is 11.0 Å². The number of aromatic nitrogens is 3. The van der Waals surface area contributed by atoms with Crippen molar-refractivity contribution in [3.63, 3.8) is 0 Å². The van der Waals surface area contributed by atoms with E-state index in [-0.39, 0.29) is 12.1 Å². The molecule has 1 aromatic rings. The summed E-state index contributed by atoms with van der Waals surface area (Å²) in [7, 11) is 1.88. The van der Waals surface area contributed by atoms with Gasteiger partial charge in [-0.3, -0.25) is 9.58 Å². The molecule has 2 atom stereocenters. The zero-order valence-electron chi connectivity index (χ0n) is 10.5. The van der Waals surface area contributed by atoms with Gasteiger partial charge >= 0.3 is 0 Å². The molecule has 2 rings (SSSR count). The predicted octanol–water partition coefficient (Wildman–Crippen LogP) is -0.594. The smallest absolute Gasteiger partial charge is 0.138 e. The molecule has 0 amide bonds. The van der Waals surface area contributed by atoms with Crippen molar-refractivity contribution in [2.75, 3.05) is 26.2 Å². The van der Waals surface area contributed by atoms with E-state index in [1.807, 2.05) is 7.05 Å². The first-order valence-electron chi connectivity index (χ1n) is 6.13. The molecule has 0 spiro atoms. The molecular formula is C11H21N5O. The van der Waals surface area contributed by atoms with Gasteiger partial charge in [-0.05, 0) is 6.54 Å². The van der Waals surface area contributed by atoms with Gasteiger partial charge in [-0.1, -0.05) is 6.92 Å². The van der Waals surface area contributed by atoms with Gasteiger partial charge in [-0.15, -0.1) is 0 Å². The van der Waals surface area contributed by atoms with Crippen molar-refractivity contribution in [2.24, 2.45) is 12.8 Å². The van der Waals surface area contributed by atoms with Gasteiger partial charge in [-0.25, -0.2) is 4.98 Å². The van der Waals surface area contributed by atoms with E-state index in [2.05, 4.69) is 21.9 Å². The normalized spacial score (nSPS) is 23.8. The maximum absolute atomic E-state index is 6.19. The molecule has 96 valence electrons. The standard InChI is InChI=1S/C11H21N5O/c1-3-16-4-5-17-10(7-16)9(12)6-11-13-8-14-15(11)2/h8-10H,3-7,12H2,1-2H3. The quantitative estimate of drug-likeness (QED) is 0.760. The van der Waals surface area contributed by atoms with Crippen LogP contribution in [0.5, 0.6) is 0 Å². The van der Waals surface area contributed by atoms with Crippen LogP contribution in [-0.2, 0) is 18.2 Å². The molecule has 1 fully saturated rings. The Balaban J connectivity index is 1.91. The van der Waals surface area contributed by atoms with Crippen LogP contribution in [0.3, 0.4) is 0 Å². The number of ether oxygens (including phenoxy) is 1. The van der Waals surface area contributed by atoms with Crippen LogP contribution in [0.4, 0.5) is 0 Å². The van der Waals surface area contributed by atoms with Crippen LogP contribution >= 0.6 is 0 Å². The number of hydrogen-bond acceptors (Lipinski definition) is 5. The summed E-state index contributed by atoms with van der Waals surface area (Å²) < 4.78 is 7.50. The Bertz CT molecular complexity index is 353. The lowest BCUT2D eigenvalue weighted by Crippen LogP contribution is -2.51. The van der Waals surface area contributed by atoms with Gasteiger partial charge in [0.15, 0.2) is 0 Å². The van der Waals surface area contributed by atoms with Crippen LogP contribution in [0.1, 0.15) is 12.7 Å². The van der Waals surface area contributed by atoms with Crippen molar-refractivity contribution in [3.05, 3.63) is 12.2 Å². The number of aryl methyl sites for hydroxylation is 1. The van der Waals surface area contributed by atoms with E-state index in [0.29, 0.717) is 6.42 Å². The van der Waals surface area contributed by atoms with E-state index in [9.17, 15) is 0 Å². The molecule has 1 aromatic heterocycles. The summed E-state index contributed by atoms with van der Waals surface area (Å²) in [6.45, 7) is 5.90. The lowest BCUT2D eigenvalue weighted by atomic mass is 10.1. The number of nitrogens with zero attached hydrogens (tertiary/aromatic N) is 4. The van der Waals surface area contributed by atoms with Crippen LogP contribution in [0.15, 0.2) is 6.33 Å². The average molecular weight is 239 g/mol. The third kappa shape index (κ3) is 3.02. The van der Waals surface area contributed by atoms with Crippen molar-refractivity contribution in [1.29, 1.82) is 0 Å². The van der Waals surface area contributed by atoms with Crippen molar-refractivity contribution >= 4 is 0 Å².